The largest absolute Gasteiger partial charge is 0.481 e. The molecule has 22 heavy (non-hydrogen) atoms. The number of benzene rings is 1. The number of rotatable bonds is 2. The number of nitrogens with zero attached hydrogens (tertiary/aromatic N) is 1. The van der Waals surface area contributed by atoms with E-state index in [-0.39, 0.29) is 11.9 Å². The van der Waals surface area contributed by atoms with Gasteiger partial charge in [-0.1, -0.05) is 24.3 Å². The highest BCUT2D eigenvalue weighted by Crippen LogP contribution is 2.40. The molecule has 0 aromatic heterocycles. The number of fused-ring (bicyclic) bond motifs is 1. The summed E-state index contributed by atoms with van der Waals surface area (Å²) >= 11 is 0. The number of amides is 1. The molecule has 0 spiro atoms. The maximum atomic E-state index is 13.2. The fourth-order valence-electron chi connectivity index (χ4n) is 4.14. The van der Waals surface area contributed by atoms with Crippen molar-refractivity contribution in [3.05, 3.63) is 35.4 Å². The standard InChI is InChI=1S/C18H23NO3/c1-12-14(16(20)21)9-11-19(12)17(22)18(2)10-5-7-13-6-3-4-8-15(13)18/h3-4,6,8,12,14H,5,7,9-11H2,1-2H3,(H,20,21). The van der Waals surface area contributed by atoms with Crippen molar-refractivity contribution < 1.29 is 14.7 Å². The van der Waals surface area contributed by atoms with Gasteiger partial charge in [0.1, 0.15) is 0 Å². The minimum Gasteiger partial charge on any atom is -0.481 e. The Bertz CT molecular complexity index is 612. The molecule has 118 valence electrons. The number of likely N-dealkylation sites (tertiary alicyclic amines) is 1. The number of hydrogen-bond donors (Lipinski definition) is 1. The van der Waals surface area contributed by atoms with Crippen LogP contribution in [0.25, 0.3) is 0 Å². The van der Waals surface area contributed by atoms with Crippen LogP contribution in [0.2, 0.25) is 0 Å². The quantitative estimate of drug-likeness (QED) is 0.913. The molecule has 2 aliphatic rings. The van der Waals surface area contributed by atoms with E-state index in [2.05, 4.69) is 12.1 Å². The zero-order valence-electron chi connectivity index (χ0n) is 13.2. The molecule has 1 fully saturated rings. The van der Waals surface area contributed by atoms with Crippen molar-refractivity contribution in [1.82, 2.24) is 4.90 Å². The van der Waals surface area contributed by atoms with Crippen molar-refractivity contribution >= 4 is 11.9 Å². The first-order valence-electron chi connectivity index (χ1n) is 8.07. The molecule has 0 bridgehead atoms. The van der Waals surface area contributed by atoms with Gasteiger partial charge in [-0.3, -0.25) is 9.59 Å². The zero-order chi connectivity index (χ0) is 15.9. The van der Waals surface area contributed by atoms with Gasteiger partial charge in [-0.2, -0.15) is 0 Å². The van der Waals surface area contributed by atoms with E-state index in [1.807, 2.05) is 26.0 Å². The lowest BCUT2D eigenvalue weighted by Gasteiger charge is -2.39. The summed E-state index contributed by atoms with van der Waals surface area (Å²) in [6, 6.07) is 7.95. The Morgan fingerprint density at radius 1 is 1.32 bits per heavy atom. The third-order valence-corrected chi connectivity index (χ3v) is 5.54. The van der Waals surface area contributed by atoms with E-state index in [0.29, 0.717) is 13.0 Å². The van der Waals surface area contributed by atoms with Gasteiger partial charge in [0.2, 0.25) is 5.91 Å². The molecule has 1 aliphatic carbocycles. The summed E-state index contributed by atoms with van der Waals surface area (Å²) in [5.41, 5.74) is 1.86. The predicted molar refractivity (Wildman–Crippen MR) is 83.6 cm³/mol. The molecule has 3 unspecified atom stereocenters. The first kappa shape index (κ1) is 15.1. The molecule has 1 saturated heterocycles. The fraction of sp³-hybridized carbons (Fsp3) is 0.556. The number of carboxylic acid groups (broad SMARTS) is 1. The van der Waals surface area contributed by atoms with Crippen LogP contribution in [0.4, 0.5) is 0 Å². The van der Waals surface area contributed by atoms with Crippen LogP contribution in [-0.2, 0) is 21.4 Å². The predicted octanol–water partition coefficient (Wildman–Crippen LogP) is 2.60. The minimum absolute atomic E-state index is 0.0934. The molecule has 1 amide bonds. The molecule has 1 aromatic rings. The van der Waals surface area contributed by atoms with Gasteiger partial charge in [-0.25, -0.2) is 0 Å². The summed E-state index contributed by atoms with van der Waals surface area (Å²) in [5.74, 6) is -1.14. The highest BCUT2D eigenvalue weighted by atomic mass is 16.4. The Labute approximate surface area is 131 Å². The van der Waals surface area contributed by atoms with Crippen molar-refractivity contribution in [3.8, 4) is 0 Å². The van der Waals surface area contributed by atoms with Crippen molar-refractivity contribution in [3.63, 3.8) is 0 Å². The summed E-state index contributed by atoms with van der Waals surface area (Å²) in [5, 5.41) is 9.28. The van der Waals surface area contributed by atoms with Gasteiger partial charge in [0.15, 0.2) is 0 Å². The van der Waals surface area contributed by atoms with Crippen LogP contribution in [0, 0.1) is 5.92 Å². The molecule has 3 rings (SSSR count). The van der Waals surface area contributed by atoms with Crippen molar-refractivity contribution in [2.75, 3.05) is 6.54 Å². The van der Waals surface area contributed by atoms with Gasteiger partial charge in [-0.05, 0) is 50.7 Å². The lowest BCUT2D eigenvalue weighted by Crippen LogP contribution is -2.49. The summed E-state index contributed by atoms with van der Waals surface area (Å²) in [4.78, 5) is 26.3. The second-order valence-corrected chi connectivity index (χ2v) is 6.82. The van der Waals surface area contributed by atoms with Crippen molar-refractivity contribution in [2.45, 2.75) is 51.0 Å². The second kappa shape index (κ2) is 5.41. The highest BCUT2D eigenvalue weighted by molar-refractivity contribution is 5.89. The lowest BCUT2D eigenvalue weighted by atomic mass is 9.70. The van der Waals surface area contributed by atoms with Gasteiger partial charge < -0.3 is 10.0 Å². The van der Waals surface area contributed by atoms with Crippen LogP contribution < -0.4 is 0 Å². The van der Waals surface area contributed by atoms with E-state index in [9.17, 15) is 14.7 Å². The molecule has 0 saturated carbocycles. The lowest BCUT2D eigenvalue weighted by molar-refractivity contribution is -0.144. The van der Waals surface area contributed by atoms with Gasteiger partial charge in [0.25, 0.3) is 0 Å². The van der Waals surface area contributed by atoms with E-state index in [0.717, 1.165) is 24.8 Å². The zero-order valence-corrected chi connectivity index (χ0v) is 13.2. The molecule has 3 atom stereocenters. The summed E-state index contributed by atoms with van der Waals surface area (Å²) in [7, 11) is 0. The molecule has 1 aliphatic heterocycles. The highest BCUT2D eigenvalue weighted by Gasteiger charge is 2.46. The molecule has 4 nitrogen and oxygen atoms in total. The number of carbonyl (C=O) groups excluding carboxylic acids is 1. The maximum absolute atomic E-state index is 13.2. The fourth-order valence-corrected chi connectivity index (χ4v) is 4.14. The Morgan fingerprint density at radius 2 is 2.05 bits per heavy atom. The first-order valence-corrected chi connectivity index (χ1v) is 8.07. The normalized spacial score (nSPS) is 30.9. The van der Waals surface area contributed by atoms with E-state index in [1.54, 1.807) is 4.90 Å². The van der Waals surface area contributed by atoms with Crippen LogP contribution in [0.5, 0.6) is 0 Å². The van der Waals surface area contributed by atoms with Crippen LogP contribution in [0.3, 0.4) is 0 Å². The minimum atomic E-state index is -0.794. The Kier molecular flexibility index (Phi) is 3.71. The maximum Gasteiger partial charge on any atom is 0.308 e. The molecule has 1 aromatic carbocycles. The smallest absolute Gasteiger partial charge is 0.308 e. The molecule has 1 heterocycles. The monoisotopic (exact) mass is 301 g/mol. The second-order valence-electron chi connectivity index (χ2n) is 6.82. The van der Waals surface area contributed by atoms with Crippen LogP contribution >= 0.6 is 0 Å². The van der Waals surface area contributed by atoms with Crippen LogP contribution in [-0.4, -0.2) is 34.5 Å². The topological polar surface area (TPSA) is 57.6 Å². The number of carboxylic acids is 1. The van der Waals surface area contributed by atoms with Gasteiger partial charge >= 0.3 is 5.97 Å². The van der Waals surface area contributed by atoms with Crippen LogP contribution in [0.15, 0.2) is 24.3 Å². The number of aliphatic carboxylic acids is 1. The number of hydrogen-bond acceptors (Lipinski definition) is 2. The Hall–Kier alpha value is -1.84. The van der Waals surface area contributed by atoms with Crippen LogP contribution in [0.1, 0.15) is 44.2 Å². The molecular weight excluding hydrogens is 278 g/mol. The van der Waals surface area contributed by atoms with Crippen molar-refractivity contribution in [1.29, 1.82) is 0 Å². The average molecular weight is 301 g/mol. The Balaban J connectivity index is 1.91. The van der Waals surface area contributed by atoms with E-state index in [1.165, 1.54) is 5.56 Å². The molecule has 4 heteroatoms. The third-order valence-electron chi connectivity index (χ3n) is 5.54. The number of carbonyl (C=O) groups is 2. The van der Waals surface area contributed by atoms with Gasteiger partial charge in [0, 0.05) is 12.6 Å². The van der Waals surface area contributed by atoms with Crippen molar-refractivity contribution in [2.24, 2.45) is 5.92 Å². The summed E-state index contributed by atoms with van der Waals surface area (Å²) in [6.45, 7) is 4.44. The average Bonchev–Trinajstić information content (AvgIpc) is 2.89. The SMILES string of the molecule is CC1C(C(=O)O)CCN1C(=O)C1(C)CCCc2ccccc21. The summed E-state index contributed by atoms with van der Waals surface area (Å²) < 4.78 is 0. The van der Waals surface area contributed by atoms with E-state index < -0.39 is 17.3 Å². The molecule has 1 N–H and O–H groups in total. The van der Waals surface area contributed by atoms with Gasteiger partial charge in [0.05, 0.1) is 11.3 Å². The molecule has 0 radical (unpaired) electrons. The number of aryl methyl sites for hydroxylation is 1. The van der Waals surface area contributed by atoms with Gasteiger partial charge in [-0.15, -0.1) is 0 Å². The first-order chi connectivity index (χ1) is 10.4. The Morgan fingerprint density at radius 3 is 2.73 bits per heavy atom. The summed E-state index contributed by atoms with van der Waals surface area (Å²) in [6.07, 6.45) is 3.42. The molecular formula is C18H23NO3. The van der Waals surface area contributed by atoms with E-state index >= 15 is 0 Å². The van der Waals surface area contributed by atoms with E-state index in [4.69, 9.17) is 0 Å². The third kappa shape index (κ3) is 2.21.